The number of aromatic nitrogens is 2. The Balaban J connectivity index is 2.68. The van der Waals surface area contributed by atoms with E-state index in [0.29, 0.717) is 11.4 Å². The number of nitrogens with zero attached hydrogens (tertiary/aromatic N) is 2. The van der Waals surface area contributed by atoms with E-state index in [2.05, 4.69) is 9.97 Å². The van der Waals surface area contributed by atoms with E-state index in [1.54, 1.807) is 24.4 Å². The van der Waals surface area contributed by atoms with E-state index in [4.69, 9.17) is 36.2 Å². The molecular formula is C10H5Cl3N2. The van der Waals surface area contributed by atoms with E-state index >= 15 is 0 Å². The number of pyridine rings is 2. The lowest BCUT2D eigenvalue weighted by molar-refractivity contribution is 1.25. The van der Waals surface area contributed by atoms with Crippen molar-refractivity contribution in [1.29, 1.82) is 0 Å². The van der Waals surface area contributed by atoms with E-state index in [9.17, 15) is 0 Å². The molecule has 0 aliphatic carbocycles. The van der Waals surface area contributed by atoms with E-state index < -0.39 is 0 Å². The molecule has 0 saturated heterocycles. The number of hydrogen-bond acceptors (Lipinski definition) is 2. The highest BCUT2D eigenvalue weighted by molar-refractivity contribution is 6.47. The molecule has 0 aromatic carbocycles. The molecule has 76 valence electrons. The molecule has 0 fully saturated rings. The third-order valence-electron chi connectivity index (χ3n) is 1.72. The Kier molecular flexibility index (Phi) is 2.73. The summed E-state index contributed by atoms with van der Waals surface area (Å²) in [5, 5.41) is 0.249. The van der Waals surface area contributed by atoms with Crippen LogP contribution < -0.4 is 0 Å². The van der Waals surface area contributed by atoms with Gasteiger partial charge >= 0.3 is 0 Å². The predicted octanol–water partition coefficient (Wildman–Crippen LogP) is 4.10. The Hall–Kier alpha value is -0.830. The topological polar surface area (TPSA) is 25.8 Å². The maximum absolute atomic E-state index is 7.79. The van der Waals surface area contributed by atoms with Gasteiger partial charge in [0.15, 0.2) is 0 Å². The van der Waals surface area contributed by atoms with Crippen LogP contribution in [0.15, 0.2) is 30.4 Å². The smallest absolute Gasteiger partial charge is 0.149 e. The fourth-order valence-electron chi connectivity index (χ4n) is 1.05. The van der Waals surface area contributed by atoms with Gasteiger partial charge in [0, 0.05) is 6.20 Å². The minimum Gasteiger partial charge on any atom is -0.255 e. The first kappa shape index (κ1) is 9.40. The molecule has 2 aromatic heterocycles. The van der Waals surface area contributed by atoms with Crippen molar-refractivity contribution < 1.29 is 1.37 Å². The van der Waals surface area contributed by atoms with Crippen LogP contribution in [-0.4, -0.2) is 9.97 Å². The van der Waals surface area contributed by atoms with E-state index in [0.717, 1.165) is 0 Å². The summed E-state index contributed by atoms with van der Waals surface area (Å²) in [6.07, 6.45) is 1.60. The molecule has 2 heterocycles. The largest absolute Gasteiger partial charge is 0.255 e. The molecule has 0 spiro atoms. The van der Waals surface area contributed by atoms with Gasteiger partial charge in [0.05, 0.1) is 22.8 Å². The zero-order valence-electron chi connectivity index (χ0n) is 8.34. The monoisotopic (exact) mass is 259 g/mol. The zero-order chi connectivity index (χ0) is 11.7. The highest BCUT2D eigenvalue weighted by atomic mass is 35.5. The van der Waals surface area contributed by atoms with E-state index in [1.165, 1.54) is 0 Å². The first-order valence-corrected chi connectivity index (χ1v) is 5.17. The minimum atomic E-state index is 0.0229. The maximum Gasteiger partial charge on any atom is 0.149 e. The molecule has 2 aromatic rings. The van der Waals surface area contributed by atoms with Crippen molar-refractivity contribution in [2.45, 2.75) is 0 Å². The Morgan fingerprint density at radius 3 is 2.60 bits per heavy atom. The van der Waals surface area contributed by atoms with Crippen LogP contribution in [0.2, 0.25) is 15.2 Å². The lowest BCUT2D eigenvalue weighted by Crippen LogP contribution is -1.88. The van der Waals surface area contributed by atoms with Crippen molar-refractivity contribution in [1.82, 2.24) is 9.97 Å². The summed E-state index contributed by atoms with van der Waals surface area (Å²) in [5.41, 5.74) is 0.855. The van der Waals surface area contributed by atoms with Gasteiger partial charge in [0.2, 0.25) is 0 Å². The van der Waals surface area contributed by atoms with Crippen LogP contribution in [0.1, 0.15) is 1.37 Å². The molecule has 0 aliphatic rings. The van der Waals surface area contributed by atoms with Crippen molar-refractivity contribution >= 4 is 34.8 Å². The third-order valence-corrected chi connectivity index (χ3v) is 2.84. The Morgan fingerprint density at radius 1 is 1.13 bits per heavy atom. The summed E-state index contributed by atoms with van der Waals surface area (Å²) in [4.78, 5) is 8.08. The first-order chi connectivity index (χ1) is 7.61. The quantitative estimate of drug-likeness (QED) is 0.721. The Bertz CT molecular complexity index is 531. The fraction of sp³-hybridized carbons (Fsp3) is 0. The van der Waals surface area contributed by atoms with E-state index in [1.807, 2.05) is 0 Å². The minimum absolute atomic E-state index is 0.0229. The molecule has 0 radical (unpaired) electrons. The highest BCUT2D eigenvalue weighted by Gasteiger charge is 2.09. The van der Waals surface area contributed by atoms with Gasteiger partial charge in [-0.25, -0.2) is 4.98 Å². The molecular weight excluding hydrogens is 254 g/mol. The average Bonchev–Trinajstić information content (AvgIpc) is 2.32. The molecule has 0 atom stereocenters. The third kappa shape index (κ3) is 2.23. The number of halogens is 3. The summed E-state index contributed by atoms with van der Waals surface area (Å²) in [7, 11) is 0. The summed E-state index contributed by atoms with van der Waals surface area (Å²) in [6, 6.07) is 5.31. The fourth-order valence-corrected chi connectivity index (χ4v) is 1.54. The SMILES string of the molecule is [2H]c1c(-c2ccccn2)nc(Cl)c(Cl)c1Cl. The Morgan fingerprint density at radius 2 is 1.93 bits per heavy atom. The van der Waals surface area contributed by atoms with Crippen molar-refractivity contribution in [3.8, 4) is 11.4 Å². The van der Waals surface area contributed by atoms with Crippen molar-refractivity contribution in [3.63, 3.8) is 0 Å². The molecule has 0 amide bonds. The van der Waals surface area contributed by atoms with Gasteiger partial charge in [-0.05, 0) is 18.2 Å². The second kappa shape index (κ2) is 4.35. The van der Waals surface area contributed by atoms with Crippen LogP contribution in [0.25, 0.3) is 11.4 Å². The Labute approximate surface area is 103 Å². The van der Waals surface area contributed by atoms with Gasteiger partial charge in [-0.3, -0.25) is 4.98 Å². The molecule has 0 unspecified atom stereocenters. The standard InChI is InChI=1S/C10H5Cl3N2/c11-6-5-8(15-10(13)9(6)12)7-3-1-2-4-14-7/h1-5H/i5D. The number of rotatable bonds is 1. The van der Waals surface area contributed by atoms with Crippen molar-refractivity contribution in [2.24, 2.45) is 0 Å². The zero-order valence-corrected chi connectivity index (χ0v) is 9.61. The summed E-state index contributed by atoms with van der Waals surface area (Å²) in [6.45, 7) is 0. The van der Waals surface area contributed by atoms with Crippen LogP contribution in [0, 0.1) is 0 Å². The van der Waals surface area contributed by atoms with Crippen LogP contribution in [-0.2, 0) is 0 Å². The van der Waals surface area contributed by atoms with Crippen LogP contribution in [0.3, 0.4) is 0 Å². The predicted molar refractivity (Wildman–Crippen MR) is 62.5 cm³/mol. The van der Waals surface area contributed by atoms with Crippen molar-refractivity contribution in [3.05, 3.63) is 45.6 Å². The van der Waals surface area contributed by atoms with Crippen LogP contribution >= 0.6 is 34.8 Å². The van der Waals surface area contributed by atoms with Crippen LogP contribution in [0.5, 0.6) is 0 Å². The molecule has 5 heteroatoms. The maximum atomic E-state index is 7.79. The molecule has 15 heavy (non-hydrogen) atoms. The second-order valence-electron chi connectivity index (χ2n) is 2.72. The van der Waals surface area contributed by atoms with Gasteiger partial charge in [-0.15, -0.1) is 0 Å². The summed E-state index contributed by atoms with van der Waals surface area (Å²) < 4.78 is 7.79. The second-order valence-corrected chi connectivity index (χ2v) is 3.83. The van der Waals surface area contributed by atoms with Gasteiger partial charge in [0.25, 0.3) is 0 Å². The lowest BCUT2D eigenvalue weighted by atomic mass is 10.2. The molecule has 2 rings (SSSR count). The molecule has 0 aliphatic heterocycles. The summed E-state index contributed by atoms with van der Waals surface area (Å²) >= 11 is 17.4. The van der Waals surface area contributed by atoms with Gasteiger partial charge in [-0.2, -0.15) is 0 Å². The average molecular weight is 261 g/mol. The molecule has 0 bridgehead atoms. The normalized spacial score (nSPS) is 11.3. The molecule has 0 saturated carbocycles. The summed E-state index contributed by atoms with van der Waals surface area (Å²) in [5.74, 6) is 0. The van der Waals surface area contributed by atoms with Gasteiger partial charge in [-0.1, -0.05) is 40.9 Å². The highest BCUT2D eigenvalue weighted by Crippen LogP contribution is 2.31. The van der Waals surface area contributed by atoms with Crippen LogP contribution in [0.4, 0.5) is 0 Å². The van der Waals surface area contributed by atoms with E-state index in [-0.39, 0.29) is 21.2 Å². The first-order valence-electron chi connectivity index (χ1n) is 4.53. The number of hydrogen-bond donors (Lipinski definition) is 0. The lowest BCUT2D eigenvalue weighted by Gasteiger charge is -2.03. The van der Waals surface area contributed by atoms with Crippen molar-refractivity contribution in [2.75, 3.05) is 0 Å². The van der Waals surface area contributed by atoms with Gasteiger partial charge < -0.3 is 0 Å². The van der Waals surface area contributed by atoms with Gasteiger partial charge in [0.1, 0.15) is 5.15 Å². The molecule has 0 N–H and O–H groups in total. The molecule has 2 nitrogen and oxygen atoms in total.